The van der Waals surface area contributed by atoms with Crippen LogP contribution in [0.25, 0.3) is 0 Å². The van der Waals surface area contributed by atoms with E-state index in [0.29, 0.717) is 0 Å². The van der Waals surface area contributed by atoms with Gasteiger partial charge in [-0.05, 0) is 32.1 Å². The third kappa shape index (κ3) is 2.44. The molecule has 1 saturated heterocycles. The second kappa shape index (κ2) is 4.64. The molecular weight excluding hydrogens is 218 g/mol. The van der Waals surface area contributed by atoms with E-state index in [-0.39, 0.29) is 18.4 Å². The van der Waals surface area contributed by atoms with E-state index in [1.54, 1.807) is 7.05 Å². The molecule has 2 amide bonds. The topological polar surface area (TPSA) is 66.6 Å². The first-order chi connectivity index (χ1) is 8.03. The smallest absolute Gasteiger partial charge is 0.242 e. The minimum atomic E-state index is -0.694. The molecule has 0 spiro atoms. The Balaban J connectivity index is 1.85. The maximum absolute atomic E-state index is 12.0. The number of carbonyl (C=O) groups excluding carboxylic acids is 2. The van der Waals surface area contributed by atoms with Crippen molar-refractivity contribution < 1.29 is 9.59 Å². The summed E-state index contributed by atoms with van der Waals surface area (Å²) in [7, 11) is 1.67. The molecule has 0 unspecified atom stereocenters. The fourth-order valence-electron chi connectivity index (χ4n) is 2.49. The molecule has 96 valence electrons. The molecule has 2 aliphatic rings. The van der Waals surface area contributed by atoms with E-state index in [1.165, 1.54) is 4.90 Å². The van der Waals surface area contributed by atoms with Crippen LogP contribution in [-0.4, -0.2) is 53.8 Å². The predicted octanol–water partition coefficient (Wildman–Crippen LogP) is -0.0514. The van der Waals surface area contributed by atoms with Crippen LogP contribution in [0.15, 0.2) is 0 Å². The fraction of sp³-hybridized carbons (Fsp3) is 0.833. The lowest BCUT2D eigenvalue weighted by Gasteiger charge is -2.39. The van der Waals surface area contributed by atoms with Gasteiger partial charge in [-0.1, -0.05) is 0 Å². The summed E-state index contributed by atoms with van der Waals surface area (Å²) in [4.78, 5) is 27.2. The van der Waals surface area contributed by atoms with E-state index in [1.807, 2.05) is 4.90 Å². The number of carbonyl (C=O) groups is 2. The van der Waals surface area contributed by atoms with Crippen molar-refractivity contribution in [2.45, 2.75) is 37.6 Å². The third-order valence-electron chi connectivity index (χ3n) is 3.85. The predicted molar refractivity (Wildman–Crippen MR) is 64.2 cm³/mol. The second-order valence-corrected chi connectivity index (χ2v) is 5.26. The van der Waals surface area contributed by atoms with Crippen LogP contribution in [0.3, 0.4) is 0 Å². The summed E-state index contributed by atoms with van der Waals surface area (Å²) in [5.41, 5.74) is 5.27. The third-order valence-corrected chi connectivity index (χ3v) is 3.85. The maximum Gasteiger partial charge on any atom is 0.242 e. The van der Waals surface area contributed by atoms with Gasteiger partial charge in [-0.15, -0.1) is 0 Å². The Labute approximate surface area is 102 Å². The molecule has 2 N–H and O–H groups in total. The molecule has 1 heterocycles. The van der Waals surface area contributed by atoms with Gasteiger partial charge in [-0.25, -0.2) is 0 Å². The Hall–Kier alpha value is -1.10. The molecular formula is C12H21N3O2. The monoisotopic (exact) mass is 239 g/mol. The van der Waals surface area contributed by atoms with Crippen molar-refractivity contribution in [2.75, 3.05) is 26.7 Å². The van der Waals surface area contributed by atoms with Gasteiger partial charge in [-0.2, -0.15) is 0 Å². The van der Waals surface area contributed by atoms with Gasteiger partial charge in [0, 0.05) is 20.1 Å². The zero-order chi connectivity index (χ0) is 12.5. The van der Waals surface area contributed by atoms with Gasteiger partial charge in [0.05, 0.1) is 12.1 Å². The molecule has 5 nitrogen and oxygen atoms in total. The first kappa shape index (κ1) is 12.4. The van der Waals surface area contributed by atoms with Gasteiger partial charge < -0.3 is 15.5 Å². The molecule has 17 heavy (non-hydrogen) atoms. The summed E-state index contributed by atoms with van der Waals surface area (Å²) in [6.07, 6.45) is 4.65. The van der Waals surface area contributed by atoms with E-state index in [4.69, 9.17) is 5.73 Å². The number of nitrogens with zero attached hydrogens (tertiary/aromatic N) is 2. The van der Waals surface area contributed by atoms with Crippen molar-refractivity contribution in [3.05, 3.63) is 0 Å². The van der Waals surface area contributed by atoms with Gasteiger partial charge in [0.2, 0.25) is 11.8 Å². The summed E-state index contributed by atoms with van der Waals surface area (Å²) >= 11 is 0. The Bertz CT molecular complexity index is 320. The number of rotatable bonds is 3. The van der Waals surface area contributed by atoms with Crippen LogP contribution in [-0.2, 0) is 9.59 Å². The quantitative estimate of drug-likeness (QED) is 0.751. The van der Waals surface area contributed by atoms with Crippen LogP contribution >= 0.6 is 0 Å². The van der Waals surface area contributed by atoms with Crippen LogP contribution in [0.1, 0.15) is 32.1 Å². The van der Waals surface area contributed by atoms with Crippen molar-refractivity contribution in [2.24, 2.45) is 5.73 Å². The van der Waals surface area contributed by atoms with Crippen LogP contribution in [0.5, 0.6) is 0 Å². The number of nitrogens with two attached hydrogens (primary N) is 1. The van der Waals surface area contributed by atoms with Crippen molar-refractivity contribution in [1.29, 1.82) is 0 Å². The highest BCUT2D eigenvalue weighted by atomic mass is 16.2. The summed E-state index contributed by atoms with van der Waals surface area (Å²) in [6, 6.07) is 0. The molecule has 0 aromatic carbocycles. The van der Waals surface area contributed by atoms with E-state index >= 15 is 0 Å². The summed E-state index contributed by atoms with van der Waals surface area (Å²) < 4.78 is 0. The van der Waals surface area contributed by atoms with Crippen LogP contribution < -0.4 is 5.73 Å². The molecule has 0 bridgehead atoms. The van der Waals surface area contributed by atoms with Gasteiger partial charge in [0.15, 0.2) is 0 Å². The lowest BCUT2D eigenvalue weighted by atomic mass is 9.76. The molecule has 1 aliphatic carbocycles. The summed E-state index contributed by atoms with van der Waals surface area (Å²) in [5, 5.41) is 0. The molecule has 1 saturated carbocycles. The normalized spacial score (nSPS) is 22.1. The fourth-order valence-corrected chi connectivity index (χ4v) is 2.49. The Kier molecular flexibility index (Phi) is 3.38. The first-order valence-corrected chi connectivity index (χ1v) is 6.35. The molecule has 0 atom stereocenters. The van der Waals surface area contributed by atoms with Gasteiger partial charge >= 0.3 is 0 Å². The minimum absolute atomic E-state index is 0.0428. The highest BCUT2D eigenvalue weighted by Crippen LogP contribution is 2.30. The van der Waals surface area contributed by atoms with Crippen molar-refractivity contribution in [3.8, 4) is 0 Å². The van der Waals surface area contributed by atoms with E-state index in [9.17, 15) is 9.59 Å². The van der Waals surface area contributed by atoms with Crippen LogP contribution in [0, 0.1) is 0 Å². The number of hydrogen-bond donors (Lipinski definition) is 1. The highest BCUT2D eigenvalue weighted by Gasteiger charge is 2.42. The Morgan fingerprint density at radius 1 is 1.24 bits per heavy atom. The molecule has 2 fully saturated rings. The van der Waals surface area contributed by atoms with Gasteiger partial charge in [0.25, 0.3) is 0 Å². The zero-order valence-electron chi connectivity index (χ0n) is 10.4. The Morgan fingerprint density at radius 2 is 1.82 bits per heavy atom. The lowest BCUT2D eigenvalue weighted by molar-refractivity contribution is -0.144. The Morgan fingerprint density at radius 3 is 2.29 bits per heavy atom. The molecule has 5 heteroatoms. The molecule has 0 aromatic heterocycles. The number of hydrogen-bond acceptors (Lipinski definition) is 3. The number of likely N-dealkylation sites (N-methyl/N-ethyl adjacent to an activating group) is 1. The standard InChI is InChI=1S/C12H21N3O2/c1-14(11(17)12(13)5-4-6-12)9-10(16)15-7-2-3-8-15/h2-9,13H2,1H3. The van der Waals surface area contributed by atoms with Crippen molar-refractivity contribution in [3.63, 3.8) is 0 Å². The first-order valence-electron chi connectivity index (χ1n) is 6.35. The highest BCUT2D eigenvalue weighted by molar-refractivity contribution is 5.90. The lowest BCUT2D eigenvalue weighted by Crippen LogP contribution is -2.59. The number of amides is 2. The van der Waals surface area contributed by atoms with Crippen LogP contribution in [0.2, 0.25) is 0 Å². The molecule has 0 radical (unpaired) electrons. The minimum Gasteiger partial charge on any atom is -0.341 e. The zero-order valence-corrected chi connectivity index (χ0v) is 10.4. The van der Waals surface area contributed by atoms with Gasteiger partial charge in [0.1, 0.15) is 0 Å². The molecule has 1 aliphatic heterocycles. The molecule has 2 rings (SSSR count). The second-order valence-electron chi connectivity index (χ2n) is 5.26. The van der Waals surface area contributed by atoms with E-state index in [0.717, 1.165) is 45.2 Å². The van der Waals surface area contributed by atoms with E-state index in [2.05, 4.69) is 0 Å². The SMILES string of the molecule is CN(CC(=O)N1CCCC1)C(=O)C1(N)CCC1. The van der Waals surface area contributed by atoms with E-state index < -0.39 is 5.54 Å². The average molecular weight is 239 g/mol. The van der Waals surface area contributed by atoms with Crippen LogP contribution in [0.4, 0.5) is 0 Å². The van der Waals surface area contributed by atoms with Gasteiger partial charge in [-0.3, -0.25) is 9.59 Å². The largest absolute Gasteiger partial charge is 0.341 e. The number of likely N-dealkylation sites (tertiary alicyclic amines) is 1. The average Bonchev–Trinajstić information content (AvgIpc) is 2.78. The van der Waals surface area contributed by atoms with Crippen molar-refractivity contribution in [1.82, 2.24) is 9.80 Å². The van der Waals surface area contributed by atoms with Crippen molar-refractivity contribution >= 4 is 11.8 Å². The maximum atomic E-state index is 12.0. The summed E-state index contributed by atoms with van der Waals surface area (Å²) in [6.45, 7) is 1.82. The summed E-state index contributed by atoms with van der Waals surface area (Å²) in [5.74, 6) is -0.0439. The molecule has 0 aromatic rings.